The number of aromatic hydroxyl groups is 1. The van der Waals surface area contributed by atoms with Gasteiger partial charge < -0.3 is 25.8 Å². The monoisotopic (exact) mass is 543 g/mol. The van der Waals surface area contributed by atoms with Crippen LogP contribution in [-0.2, 0) is 6.42 Å². The predicted molar refractivity (Wildman–Crippen MR) is 156 cm³/mol. The molecule has 4 N–H and O–H groups in total. The van der Waals surface area contributed by atoms with Crippen LogP contribution >= 0.6 is 23.5 Å². The molecule has 0 radical (unpaired) electrons. The fraction of sp³-hybridized carbons (Fsp3) is 0.552. The number of amides is 1. The van der Waals surface area contributed by atoms with Crippen LogP contribution in [0.5, 0.6) is 11.5 Å². The number of para-hydroxylation sites is 1. The van der Waals surface area contributed by atoms with Gasteiger partial charge in [-0.1, -0.05) is 43.5 Å². The number of phenolic OH excluding ortho intramolecular Hbond substituents is 1. The number of methoxy groups -OCH3 is 1. The molecule has 1 amide bonds. The van der Waals surface area contributed by atoms with Crippen molar-refractivity contribution in [1.29, 1.82) is 0 Å². The summed E-state index contributed by atoms with van der Waals surface area (Å²) in [5.74, 6) is 4.67. The topological polar surface area (TPSA) is 82.6 Å². The Morgan fingerprint density at radius 2 is 1.95 bits per heavy atom. The van der Waals surface area contributed by atoms with Crippen molar-refractivity contribution in [3.8, 4) is 11.5 Å². The number of hydrogen-bond acceptors (Lipinski definition) is 7. The highest BCUT2D eigenvalue weighted by molar-refractivity contribution is 8.00. The fourth-order valence-electron chi connectivity index (χ4n) is 5.08. The molecule has 2 aromatic carbocycles. The minimum atomic E-state index is -0.236. The summed E-state index contributed by atoms with van der Waals surface area (Å²) in [5.41, 5.74) is 1.59. The number of benzene rings is 2. The lowest BCUT2D eigenvalue weighted by atomic mass is 9.91. The van der Waals surface area contributed by atoms with Gasteiger partial charge >= 0.3 is 0 Å². The highest BCUT2D eigenvalue weighted by Gasteiger charge is 2.27. The first-order valence-corrected chi connectivity index (χ1v) is 15.7. The number of phenols is 1. The van der Waals surface area contributed by atoms with Crippen molar-refractivity contribution in [1.82, 2.24) is 16.0 Å². The predicted octanol–water partition coefficient (Wildman–Crippen LogP) is 4.68. The molecule has 202 valence electrons. The fourth-order valence-corrected chi connectivity index (χ4v) is 7.66. The third-order valence-electron chi connectivity index (χ3n) is 7.37. The lowest BCUT2D eigenvalue weighted by Crippen LogP contribution is -2.51. The van der Waals surface area contributed by atoms with Crippen LogP contribution in [0.25, 0.3) is 0 Å². The van der Waals surface area contributed by atoms with Crippen molar-refractivity contribution in [3.05, 3.63) is 59.7 Å². The lowest BCUT2D eigenvalue weighted by Gasteiger charge is -2.31. The Morgan fingerprint density at radius 3 is 2.65 bits per heavy atom. The van der Waals surface area contributed by atoms with E-state index in [0.29, 0.717) is 23.4 Å². The lowest BCUT2D eigenvalue weighted by molar-refractivity contribution is 0.0946. The molecule has 37 heavy (non-hydrogen) atoms. The summed E-state index contributed by atoms with van der Waals surface area (Å²) in [6, 6.07) is 15.6. The first-order valence-electron chi connectivity index (χ1n) is 13.5. The zero-order valence-electron chi connectivity index (χ0n) is 21.8. The molecular weight excluding hydrogens is 502 g/mol. The Hall–Kier alpha value is -1.87. The van der Waals surface area contributed by atoms with E-state index in [1.165, 1.54) is 37.7 Å². The van der Waals surface area contributed by atoms with E-state index in [0.717, 1.165) is 42.0 Å². The number of carbonyl (C=O) groups is 1. The van der Waals surface area contributed by atoms with Crippen molar-refractivity contribution in [3.63, 3.8) is 0 Å². The van der Waals surface area contributed by atoms with Gasteiger partial charge in [0, 0.05) is 42.1 Å². The van der Waals surface area contributed by atoms with Crippen molar-refractivity contribution in [2.75, 3.05) is 37.6 Å². The van der Waals surface area contributed by atoms with Crippen molar-refractivity contribution < 1.29 is 14.6 Å². The average molecular weight is 544 g/mol. The molecule has 1 aliphatic heterocycles. The van der Waals surface area contributed by atoms with Gasteiger partial charge in [-0.15, -0.1) is 11.8 Å². The molecule has 4 rings (SSSR count). The van der Waals surface area contributed by atoms with E-state index >= 15 is 0 Å². The van der Waals surface area contributed by atoms with Crippen LogP contribution in [0.4, 0.5) is 0 Å². The van der Waals surface area contributed by atoms with Crippen molar-refractivity contribution >= 4 is 29.4 Å². The van der Waals surface area contributed by atoms with Gasteiger partial charge in [-0.25, -0.2) is 0 Å². The molecule has 1 saturated carbocycles. The van der Waals surface area contributed by atoms with Crippen LogP contribution in [0.15, 0.2) is 48.5 Å². The number of ether oxygens (including phenoxy) is 1. The molecule has 2 unspecified atom stereocenters. The van der Waals surface area contributed by atoms with E-state index < -0.39 is 0 Å². The van der Waals surface area contributed by atoms with Crippen LogP contribution in [-0.4, -0.2) is 65.9 Å². The Bertz CT molecular complexity index is 963. The molecule has 0 spiro atoms. The number of thioether (sulfide) groups is 2. The smallest absolute Gasteiger partial charge is 0.255 e. The standard InChI is InChI=1S/C29H41N3O3S2/c1-35-24-13-11-21(12-14-24)15-28(37-18-22-7-3-2-4-8-22)26(30-16-23-19-36-20-32-23)17-31-29(34)25-9-5-6-10-27(25)33/h5-6,9-14,22-23,26,28,30,32-33H,2-4,7-8,15-20H2,1H3,(H,31,34)/t23-,26?,28?/m1/s1. The molecule has 0 aromatic heterocycles. The summed E-state index contributed by atoms with van der Waals surface area (Å²) < 4.78 is 5.37. The highest BCUT2D eigenvalue weighted by atomic mass is 32.2. The van der Waals surface area contributed by atoms with Crippen LogP contribution in [0, 0.1) is 5.92 Å². The van der Waals surface area contributed by atoms with Crippen molar-refractivity contribution in [2.24, 2.45) is 5.92 Å². The van der Waals surface area contributed by atoms with Crippen LogP contribution in [0.1, 0.15) is 48.0 Å². The summed E-state index contributed by atoms with van der Waals surface area (Å²) in [7, 11) is 1.69. The Morgan fingerprint density at radius 1 is 1.16 bits per heavy atom. The van der Waals surface area contributed by atoms with Crippen LogP contribution in [0.2, 0.25) is 0 Å². The van der Waals surface area contributed by atoms with Gasteiger partial charge in [-0.3, -0.25) is 4.79 Å². The van der Waals surface area contributed by atoms with E-state index in [2.05, 4.69) is 39.8 Å². The normalized spacial score (nSPS) is 19.9. The first-order chi connectivity index (χ1) is 18.1. The minimum Gasteiger partial charge on any atom is -0.507 e. The van der Waals surface area contributed by atoms with Gasteiger partial charge in [-0.05, 0) is 60.8 Å². The number of hydrogen-bond donors (Lipinski definition) is 4. The molecule has 3 atom stereocenters. The SMILES string of the molecule is COc1ccc(CC(SCC2CCCCC2)C(CNC(=O)c2ccccc2O)NC[C@@H]2CSCN2)cc1. The summed E-state index contributed by atoms with van der Waals surface area (Å²) >= 11 is 3.98. The van der Waals surface area contributed by atoms with E-state index in [9.17, 15) is 9.90 Å². The second-order valence-electron chi connectivity index (χ2n) is 10.1. The molecule has 1 saturated heterocycles. The molecule has 2 aliphatic rings. The van der Waals surface area contributed by atoms with E-state index in [4.69, 9.17) is 4.74 Å². The largest absolute Gasteiger partial charge is 0.507 e. The maximum absolute atomic E-state index is 13.0. The minimum absolute atomic E-state index is 0.0122. The van der Waals surface area contributed by atoms with Gasteiger partial charge in [0.2, 0.25) is 0 Å². The molecule has 0 bridgehead atoms. The third kappa shape index (κ3) is 8.84. The zero-order chi connectivity index (χ0) is 25.9. The molecule has 1 aliphatic carbocycles. The highest BCUT2D eigenvalue weighted by Crippen LogP contribution is 2.31. The molecule has 1 heterocycles. The number of rotatable bonds is 13. The van der Waals surface area contributed by atoms with E-state index in [-0.39, 0.29) is 17.7 Å². The van der Waals surface area contributed by atoms with Crippen molar-refractivity contribution in [2.45, 2.75) is 55.9 Å². The van der Waals surface area contributed by atoms with E-state index in [1.54, 1.807) is 31.4 Å². The maximum atomic E-state index is 13.0. The summed E-state index contributed by atoms with van der Waals surface area (Å²) in [5, 5.41) is 21.0. The van der Waals surface area contributed by atoms with E-state index in [1.807, 2.05) is 23.9 Å². The third-order valence-corrected chi connectivity index (χ3v) is 9.96. The second-order valence-corrected chi connectivity index (χ2v) is 12.4. The summed E-state index contributed by atoms with van der Waals surface area (Å²) in [6.45, 7) is 1.37. The molecule has 2 aromatic rings. The maximum Gasteiger partial charge on any atom is 0.255 e. The van der Waals surface area contributed by atoms with Gasteiger partial charge in [0.15, 0.2) is 0 Å². The number of nitrogens with one attached hydrogen (secondary N) is 3. The molecule has 6 nitrogen and oxygen atoms in total. The molecular formula is C29H41N3O3S2. The average Bonchev–Trinajstić information content (AvgIpc) is 3.46. The van der Waals surface area contributed by atoms with Crippen LogP contribution < -0.4 is 20.7 Å². The molecule has 8 heteroatoms. The Kier molecular flexibility index (Phi) is 11.3. The molecule has 2 fully saturated rings. The zero-order valence-corrected chi connectivity index (χ0v) is 23.4. The summed E-state index contributed by atoms with van der Waals surface area (Å²) in [4.78, 5) is 13.0. The first kappa shape index (κ1) is 28.1. The van der Waals surface area contributed by atoms with Gasteiger partial charge in [0.05, 0.1) is 12.7 Å². The summed E-state index contributed by atoms with van der Waals surface area (Å²) in [6.07, 6.45) is 7.63. The van der Waals surface area contributed by atoms with Gasteiger partial charge in [-0.2, -0.15) is 11.8 Å². The Balaban J connectivity index is 1.48. The Labute approximate surface area is 230 Å². The van der Waals surface area contributed by atoms with Gasteiger partial charge in [0.25, 0.3) is 5.91 Å². The number of carbonyl (C=O) groups excluding carboxylic acids is 1. The van der Waals surface area contributed by atoms with Crippen LogP contribution in [0.3, 0.4) is 0 Å². The second kappa shape index (κ2) is 14.9. The van der Waals surface area contributed by atoms with Gasteiger partial charge in [0.1, 0.15) is 11.5 Å². The quantitative estimate of drug-likeness (QED) is 0.292.